The summed E-state index contributed by atoms with van der Waals surface area (Å²) in [6, 6.07) is 8.02. The fourth-order valence-electron chi connectivity index (χ4n) is 5.40. The van der Waals surface area contributed by atoms with Gasteiger partial charge in [0.15, 0.2) is 0 Å². The molecule has 1 nitrogen and oxygen atoms in total. The van der Waals surface area contributed by atoms with E-state index in [1.165, 1.54) is 37.7 Å². The molecule has 0 aliphatic heterocycles. The molecular formula is C17H19ClO. The molecular weight excluding hydrogens is 256 g/mol. The van der Waals surface area contributed by atoms with Crippen molar-refractivity contribution >= 4 is 16.8 Å². The van der Waals surface area contributed by atoms with Crippen LogP contribution in [0.2, 0.25) is 0 Å². The molecule has 0 atom stereocenters. The Balaban J connectivity index is 1.75. The van der Waals surface area contributed by atoms with Gasteiger partial charge in [-0.2, -0.15) is 0 Å². The van der Waals surface area contributed by atoms with Gasteiger partial charge < -0.3 is 0 Å². The minimum Gasteiger partial charge on any atom is -0.276 e. The molecule has 4 saturated carbocycles. The monoisotopic (exact) mass is 274 g/mol. The van der Waals surface area contributed by atoms with E-state index in [2.05, 4.69) is 12.1 Å². The normalized spacial score (nSPS) is 39.5. The van der Waals surface area contributed by atoms with E-state index in [1.807, 2.05) is 12.1 Å². The lowest BCUT2D eigenvalue weighted by atomic mass is 9.50. The highest BCUT2D eigenvalue weighted by atomic mass is 35.5. The fourth-order valence-corrected chi connectivity index (χ4v) is 5.57. The van der Waals surface area contributed by atoms with Crippen LogP contribution in [0.15, 0.2) is 24.3 Å². The lowest BCUT2D eigenvalue weighted by Gasteiger charge is -2.54. The lowest BCUT2D eigenvalue weighted by molar-refractivity contribution is -0.00294. The molecule has 0 unspecified atom stereocenters. The highest BCUT2D eigenvalue weighted by Gasteiger charge is 2.49. The molecule has 0 aromatic heterocycles. The summed E-state index contributed by atoms with van der Waals surface area (Å²) in [5, 5.41) is -0.288. The molecule has 4 fully saturated rings. The summed E-state index contributed by atoms with van der Waals surface area (Å²) in [6.45, 7) is 0. The molecule has 0 heterocycles. The van der Waals surface area contributed by atoms with Crippen LogP contribution in [-0.4, -0.2) is 5.24 Å². The van der Waals surface area contributed by atoms with Crippen molar-refractivity contribution in [3.8, 4) is 0 Å². The Bertz CT molecular complexity index is 494. The number of hydrogen-bond acceptors (Lipinski definition) is 1. The van der Waals surface area contributed by atoms with Crippen molar-refractivity contribution in [3.63, 3.8) is 0 Å². The zero-order valence-corrected chi connectivity index (χ0v) is 11.8. The first-order chi connectivity index (χ1) is 9.22. The number of hydrogen-bond donors (Lipinski definition) is 0. The molecule has 0 spiro atoms. The average molecular weight is 275 g/mol. The van der Waals surface area contributed by atoms with Crippen LogP contribution < -0.4 is 0 Å². The second-order valence-corrected chi connectivity index (χ2v) is 7.16. The van der Waals surface area contributed by atoms with Gasteiger partial charge in [-0.1, -0.05) is 18.2 Å². The predicted octanol–water partition coefficient (Wildman–Crippen LogP) is 4.61. The van der Waals surface area contributed by atoms with Crippen molar-refractivity contribution < 1.29 is 4.79 Å². The van der Waals surface area contributed by atoms with Crippen molar-refractivity contribution in [2.45, 2.75) is 38.0 Å². The van der Waals surface area contributed by atoms with Crippen LogP contribution in [0.5, 0.6) is 0 Å². The summed E-state index contributed by atoms with van der Waals surface area (Å²) in [4.78, 5) is 11.7. The van der Waals surface area contributed by atoms with Crippen LogP contribution in [0.3, 0.4) is 0 Å². The summed E-state index contributed by atoms with van der Waals surface area (Å²) in [5.41, 5.74) is 1.98. The SMILES string of the molecule is O=C(Cl)c1ccccc1C1C2CC3CC(C2)CC1C3. The highest BCUT2D eigenvalue weighted by Crippen LogP contribution is 2.60. The Morgan fingerprint density at radius 3 is 2.11 bits per heavy atom. The molecule has 2 heteroatoms. The van der Waals surface area contributed by atoms with Crippen molar-refractivity contribution in [1.82, 2.24) is 0 Å². The molecule has 0 amide bonds. The maximum Gasteiger partial charge on any atom is 0.252 e. The van der Waals surface area contributed by atoms with Gasteiger partial charge in [0.05, 0.1) is 0 Å². The molecule has 4 bridgehead atoms. The first-order valence-corrected chi connectivity index (χ1v) is 7.89. The molecule has 1 aromatic carbocycles. The van der Waals surface area contributed by atoms with Crippen LogP contribution in [0, 0.1) is 23.7 Å². The molecule has 0 saturated heterocycles. The van der Waals surface area contributed by atoms with Crippen LogP contribution >= 0.6 is 11.6 Å². The van der Waals surface area contributed by atoms with Gasteiger partial charge in [0.25, 0.3) is 5.24 Å². The number of carbonyl (C=O) groups is 1. The van der Waals surface area contributed by atoms with Gasteiger partial charge >= 0.3 is 0 Å². The minimum absolute atomic E-state index is 0.288. The van der Waals surface area contributed by atoms with Crippen molar-refractivity contribution in [1.29, 1.82) is 0 Å². The van der Waals surface area contributed by atoms with Crippen molar-refractivity contribution in [3.05, 3.63) is 35.4 Å². The second kappa shape index (κ2) is 4.34. The van der Waals surface area contributed by atoms with E-state index in [4.69, 9.17) is 11.6 Å². The van der Waals surface area contributed by atoms with E-state index < -0.39 is 0 Å². The Morgan fingerprint density at radius 2 is 1.53 bits per heavy atom. The van der Waals surface area contributed by atoms with Gasteiger partial charge in [-0.05, 0) is 84.9 Å². The Kier molecular flexibility index (Phi) is 2.73. The summed E-state index contributed by atoms with van der Waals surface area (Å²) >= 11 is 5.78. The van der Waals surface area contributed by atoms with E-state index >= 15 is 0 Å². The number of benzene rings is 1. The molecule has 0 radical (unpaired) electrons. The molecule has 4 aliphatic rings. The summed E-state index contributed by atoms with van der Waals surface area (Å²) in [7, 11) is 0. The zero-order chi connectivity index (χ0) is 13.0. The third kappa shape index (κ3) is 1.86. The summed E-state index contributed by atoms with van der Waals surface area (Å²) in [5.74, 6) is 4.13. The van der Waals surface area contributed by atoms with Crippen LogP contribution in [-0.2, 0) is 0 Å². The number of rotatable bonds is 2. The second-order valence-electron chi connectivity index (χ2n) is 6.82. The van der Waals surface area contributed by atoms with Gasteiger partial charge in [0, 0.05) is 5.56 Å². The van der Waals surface area contributed by atoms with Crippen molar-refractivity contribution in [2.75, 3.05) is 0 Å². The first kappa shape index (κ1) is 12.0. The molecule has 1 aromatic rings. The van der Waals surface area contributed by atoms with Gasteiger partial charge in [0.2, 0.25) is 0 Å². The number of carbonyl (C=O) groups excluding carboxylic acids is 1. The molecule has 4 aliphatic carbocycles. The van der Waals surface area contributed by atoms with E-state index in [0.717, 1.165) is 29.2 Å². The predicted molar refractivity (Wildman–Crippen MR) is 76.4 cm³/mol. The van der Waals surface area contributed by atoms with E-state index in [1.54, 1.807) is 0 Å². The first-order valence-electron chi connectivity index (χ1n) is 7.51. The van der Waals surface area contributed by atoms with Crippen LogP contribution in [0.1, 0.15) is 53.9 Å². The van der Waals surface area contributed by atoms with E-state index in [0.29, 0.717) is 5.92 Å². The van der Waals surface area contributed by atoms with Gasteiger partial charge in [-0.3, -0.25) is 4.79 Å². The third-order valence-corrected chi connectivity index (χ3v) is 5.96. The Labute approximate surface area is 119 Å². The molecule has 19 heavy (non-hydrogen) atoms. The fraction of sp³-hybridized carbons (Fsp3) is 0.588. The molecule has 5 rings (SSSR count). The van der Waals surface area contributed by atoms with Gasteiger partial charge in [0.1, 0.15) is 0 Å². The average Bonchev–Trinajstić information content (AvgIpc) is 2.37. The topological polar surface area (TPSA) is 17.1 Å². The van der Waals surface area contributed by atoms with Crippen molar-refractivity contribution in [2.24, 2.45) is 23.7 Å². The smallest absolute Gasteiger partial charge is 0.252 e. The van der Waals surface area contributed by atoms with Gasteiger partial charge in [-0.25, -0.2) is 0 Å². The van der Waals surface area contributed by atoms with E-state index in [9.17, 15) is 4.79 Å². The largest absolute Gasteiger partial charge is 0.276 e. The zero-order valence-electron chi connectivity index (χ0n) is 11.0. The lowest BCUT2D eigenvalue weighted by Crippen LogP contribution is -2.44. The van der Waals surface area contributed by atoms with Crippen LogP contribution in [0.25, 0.3) is 0 Å². The molecule has 100 valence electrons. The summed E-state index contributed by atoms with van der Waals surface area (Å²) in [6.07, 6.45) is 6.98. The third-order valence-electron chi connectivity index (χ3n) is 5.76. The number of halogens is 1. The highest BCUT2D eigenvalue weighted by molar-refractivity contribution is 6.67. The standard InChI is InChI=1S/C17H19ClO/c18-17(19)15-4-2-1-3-14(15)16-12-6-10-5-11(8-12)9-13(16)7-10/h1-4,10-13,16H,5-9H2. The minimum atomic E-state index is -0.288. The maximum absolute atomic E-state index is 11.7. The van der Waals surface area contributed by atoms with Gasteiger partial charge in [-0.15, -0.1) is 0 Å². The van der Waals surface area contributed by atoms with E-state index in [-0.39, 0.29) is 5.24 Å². The maximum atomic E-state index is 11.7. The molecule has 0 N–H and O–H groups in total. The Morgan fingerprint density at radius 1 is 0.947 bits per heavy atom. The van der Waals surface area contributed by atoms with Crippen LogP contribution in [0.4, 0.5) is 0 Å². The Hall–Kier alpha value is -0.820. The quantitative estimate of drug-likeness (QED) is 0.720. The summed E-state index contributed by atoms with van der Waals surface area (Å²) < 4.78 is 0.